The molecule has 3 heteroatoms. The Bertz CT molecular complexity index is 108. The molecule has 0 saturated carbocycles. The van der Waals surface area contributed by atoms with E-state index in [-0.39, 0.29) is 6.73 Å². The van der Waals surface area contributed by atoms with E-state index in [0.717, 1.165) is 19.6 Å². The Kier molecular flexibility index (Phi) is 2.65. The third kappa shape index (κ3) is 1.68. The third-order valence-corrected chi connectivity index (χ3v) is 2.15. The van der Waals surface area contributed by atoms with Crippen LogP contribution in [-0.2, 0) is 0 Å². The van der Waals surface area contributed by atoms with Crippen molar-refractivity contribution in [2.75, 3.05) is 33.4 Å². The van der Waals surface area contributed by atoms with Crippen LogP contribution in [0.2, 0.25) is 0 Å². The lowest BCUT2D eigenvalue weighted by Crippen LogP contribution is -2.50. The van der Waals surface area contributed by atoms with E-state index in [0.29, 0.717) is 6.04 Å². The predicted molar refractivity (Wildman–Crippen MR) is 40.8 cm³/mol. The van der Waals surface area contributed by atoms with Gasteiger partial charge in [-0.15, -0.1) is 0 Å². The minimum Gasteiger partial charge on any atom is -0.381 e. The van der Waals surface area contributed by atoms with Gasteiger partial charge in [0.1, 0.15) is 0 Å². The number of rotatable bonds is 1. The zero-order valence-electron chi connectivity index (χ0n) is 6.75. The monoisotopic (exact) mass is 144 g/mol. The first kappa shape index (κ1) is 7.98. The molecular formula is C7H16N2O. The highest BCUT2D eigenvalue weighted by Gasteiger charge is 2.19. The van der Waals surface area contributed by atoms with Gasteiger partial charge in [0, 0.05) is 25.7 Å². The molecule has 0 aliphatic carbocycles. The zero-order chi connectivity index (χ0) is 7.56. The smallest absolute Gasteiger partial charge is 0.0959 e. The van der Waals surface area contributed by atoms with E-state index in [1.165, 1.54) is 0 Å². The van der Waals surface area contributed by atoms with Crippen LogP contribution in [0.25, 0.3) is 0 Å². The molecule has 1 rings (SSSR count). The molecule has 0 aromatic heterocycles. The van der Waals surface area contributed by atoms with Gasteiger partial charge < -0.3 is 10.0 Å². The van der Waals surface area contributed by atoms with E-state index < -0.39 is 0 Å². The molecule has 0 aromatic carbocycles. The molecular weight excluding hydrogens is 128 g/mol. The molecule has 1 N–H and O–H groups in total. The van der Waals surface area contributed by atoms with Gasteiger partial charge in [0.25, 0.3) is 0 Å². The van der Waals surface area contributed by atoms with Crippen LogP contribution in [0.4, 0.5) is 0 Å². The first-order valence-electron chi connectivity index (χ1n) is 3.77. The van der Waals surface area contributed by atoms with Crippen molar-refractivity contribution in [1.29, 1.82) is 0 Å². The van der Waals surface area contributed by atoms with E-state index in [9.17, 15) is 0 Å². The van der Waals surface area contributed by atoms with Gasteiger partial charge in [0.15, 0.2) is 0 Å². The summed E-state index contributed by atoms with van der Waals surface area (Å²) in [6, 6.07) is 0.503. The molecule has 0 bridgehead atoms. The summed E-state index contributed by atoms with van der Waals surface area (Å²) in [5.74, 6) is 0. The normalized spacial score (nSPS) is 30.9. The zero-order valence-corrected chi connectivity index (χ0v) is 6.75. The largest absolute Gasteiger partial charge is 0.381 e. The van der Waals surface area contributed by atoms with Crippen molar-refractivity contribution in [2.45, 2.75) is 13.0 Å². The summed E-state index contributed by atoms with van der Waals surface area (Å²) in [7, 11) is 2.12. The van der Waals surface area contributed by atoms with Gasteiger partial charge in [0.05, 0.1) is 6.73 Å². The summed E-state index contributed by atoms with van der Waals surface area (Å²) >= 11 is 0. The van der Waals surface area contributed by atoms with Crippen LogP contribution >= 0.6 is 0 Å². The van der Waals surface area contributed by atoms with Crippen molar-refractivity contribution in [3.05, 3.63) is 0 Å². The Balaban J connectivity index is 2.36. The third-order valence-electron chi connectivity index (χ3n) is 2.15. The maximum absolute atomic E-state index is 8.86. The summed E-state index contributed by atoms with van der Waals surface area (Å²) in [6.45, 7) is 5.49. The van der Waals surface area contributed by atoms with Gasteiger partial charge in [-0.1, -0.05) is 0 Å². The van der Waals surface area contributed by atoms with Gasteiger partial charge in [-0.05, 0) is 14.0 Å². The number of nitrogens with zero attached hydrogens (tertiary/aromatic N) is 2. The van der Waals surface area contributed by atoms with E-state index in [2.05, 4.69) is 23.8 Å². The fourth-order valence-corrected chi connectivity index (χ4v) is 1.39. The van der Waals surface area contributed by atoms with Crippen LogP contribution in [0.1, 0.15) is 6.92 Å². The van der Waals surface area contributed by atoms with Crippen LogP contribution < -0.4 is 0 Å². The molecule has 3 nitrogen and oxygen atoms in total. The highest BCUT2D eigenvalue weighted by molar-refractivity contribution is 4.74. The van der Waals surface area contributed by atoms with Crippen molar-refractivity contribution in [3.63, 3.8) is 0 Å². The second-order valence-electron chi connectivity index (χ2n) is 3.07. The average Bonchev–Trinajstić information content (AvgIpc) is 1.88. The van der Waals surface area contributed by atoms with Crippen molar-refractivity contribution >= 4 is 0 Å². The summed E-state index contributed by atoms with van der Waals surface area (Å²) in [5, 5.41) is 8.86. The minimum atomic E-state index is 0.203. The van der Waals surface area contributed by atoms with Crippen LogP contribution in [0, 0.1) is 0 Å². The van der Waals surface area contributed by atoms with Crippen LogP contribution in [0.5, 0.6) is 0 Å². The molecule has 0 amide bonds. The Morgan fingerprint density at radius 2 is 2.20 bits per heavy atom. The van der Waals surface area contributed by atoms with Crippen LogP contribution in [0.3, 0.4) is 0 Å². The topological polar surface area (TPSA) is 26.7 Å². The average molecular weight is 144 g/mol. The summed E-state index contributed by atoms with van der Waals surface area (Å²) in [6.07, 6.45) is 0. The van der Waals surface area contributed by atoms with Crippen molar-refractivity contribution in [3.8, 4) is 0 Å². The minimum absolute atomic E-state index is 0.203. The van der Waals surface area contributed by atoms with Gasteiger partial charge in [0.2, 0.25) is 0 Å². The molecule has 10 heavy (non-hydrogen) atoms. The van der Waals surface area contributed by atoms with E-state index in [1.807, 2.05) is 0 Å². The summed E-state index contributed by atoms with van der Waals surface area (Å²) in [4.78, 5) is 4.37. The number of aliphatic hydroxyl groups is 1. The predicted octanol–water partition coefficient (Wildman–Crippen LogP) is -0.428. The number of hydrogen-bond donors (Lipinski definition) is 1. The summed E-state index contributed by atoms with van der Waals surface area (Å²) < 4.78 is 0. The Labute approximate surface area is 62.2 Å². The highest BCUT2D eigenvalue weighted by Crippen LogP contribution is 2.05. The molecule has 1 aliphatic rings. The standard InChI is InChI=1S/C7H16N2O/c1-7-5-8(2)3-4-9(7)6-10/h7,10H,3-6H2,1-2H3. The van der Waals surface area contributed by atoms with Crippen LogP contribution in [-0.4, -0.2) is 54.4 Å². The molecule has 0 aromatic rings. The van der Waals surface area contributed by atoms with E-state index in [1.54, 1.807) is 0 Å². The van der Waals surface area contributed by atoms with Crippen molar-refractivity contribution in [1.82, 2.24) is 9.80 Å². The first-order valence-corrected chi connectivity index (χ1v) is 3.77. The van der Waals surface area contributed by atoms with Crippen molar-refractivity contribution in [2.24, 2.45) is 0 Å². The second-order valence-corrected chi connectivity index (χ2v) is 3.07. The summed E-state index contributed by atoms with van der Waals surface area (Å²) in [5.41, 5.74) is 0. The Hall–Kier alpha value is -0.120. The maximum atomic E-state index is 8.86. The van der Waals surface area contributed by atoms with Gasteiger partial charge in [-0.25, -0.2) is 0 Å². The van der Waals surface area contributed by atoms with E-state index in [4.69, 9.17) is 5.11 Å². The number of likely N-dealkylation sites (N-methyl/N-ethyl adjacent to an activating group) is 1. The molecule has 0 spiro atoms. The van der Waals surface area contributed by atoms with Gasteiger partial charge in [-0.3, -0.25) is 4.90 Å². The second kappa shape index (κ2) is 3.32. The lowest BCUT2D eigenvalue weighted by Gasteiger charge is -2.36. The van der Waals surface area contributed by atoms with Gasteiger partial charge >= 0.3 is 0 Å². The number of hydrogen-bond acceptors (Lipinski definition) is 3. The highest BCUT2D eigenvalue weighted by atomic mass is 16.3. The van der Waals surface area contributed by atoms with Crippen LogP contribution in [0.15, 0.2) is 0 Å². The van der Waals surface area contributed by atoms with Crippen molar-refractivity contribution < 1.29 is 5.11 Å². The molecule has 1 unspecified atom stereocenters. The fraction of sp³-hybridized carbons (Fsp3) is 1.00. The number of piperazine rings is 1. The lowest BCUT2D eigenvalue weighted by molar-refractivity contribution is 0.0247. The van der Waals surface area contributed by atoms with Gasteiger partial charge in [-0.2, -0.15) is 0 Å². The molecule has 60 valence electrons. The molecule has 1 atom stereocenters. The Morgan fingerprint density at radius 3 is 2.70 bits per heavy atom. The maximum Gasteiger partial charge on any atom is 0.0959 e. The molecule has 0 radical (unpaired) electrons. The lowest BCUT2D eigenvalue weighted by atomic mass is 10.2. The fourth-order valence-electron chi connectivity index (χ4n) is 1.39. The number of aliphatic hydroxyl groups excluding tert-OH is 1. The SMILES string of the molecule is CC1CN(C)CCN1CO. The quantitative estimate of drug-likeness (QED) is 0.541. The molecule has 1 heterocycles. The first-order chi connectivity index (χ1) is 4.74. The molecule has 1 aliphatic heterocycles. The molecule has 1 saturated heterocycles. The van der Waals surface area contributed by atoms with E-state index >= 15 is 0 Å². The molecule has 1 fully saturated rings. The Morgan fingerprint density at radius 1 is 1.50 bits per heavy atom.